The van der Waals surface area contributed by atoms with Gasteiger partial charge in [-0.2, -0.15) is 0 Å². The van der Waals surface area contributed by atoms with E-state index >= 15 is 0 Å². The number of benzene rings is 1. The number of rotatable bonds is 3. The number of hydrogen-bond acceptors (Lipinski definition) is 2. The van der Waals surface area contributed by atoms with Gasteiger partial charge in [-0.15, -0.1) is 12.4 Å². The van der Waals surface area contributed by atoms with Crippen LogP contribution in [-0.2, 0) is 10.2 Å². The van der Waals surface area contributed by atoms with E-state index in [0.29, 0.717) is 0 Å². The Bertz CT molecular complexity index is 442. The number of amides is 1. The molecule has 0 bridgehead atoms. The van der Waals surface area contributed by atoms with Crippen LogP contribution in [0.3, 0.4) is 0 Å². The molecule has 0 unspecified atom stereocenters. The summed E-state index contributed by atoms with van der Waals surface area (Å²) in [5.41, 5.74) is 0.181. The molecular weight excluding hydrogens is 279 g/mol. The minimum absolute atomic E-state index is 0. The van der Waals surface area contributed by atoms with Gasteiger partial charge >= 0.3 is 0 Å². The second kappa shape index (κ2) is 7.04. The van der Waals surface area contributed by atoms with Crippen LogP contribution in [0.2, 0.25) is 0 Å². The molecule has 0 aromatic heterocycles. The molecule has 0 aliphatic carbocycles. The Balaban J connectivity index is 0.00000200. The lowest BCUT2D eigenvalue weighted by atomic mass is 9.83. The Labute approximate surface area is 125 Å². The quantitative estimate of drug-likeness (QED) is 0.900. The Morgan fingerprint density at radius 1 is 1.35 bits per heavy atom. The SMILES string of the molecule is CC(C)(C(=O)N[C@H]1CCCNC1)c1ccc(F)cc1.Cl. The van der Waals surface area contributed by atoms with Gasteiger partial charge in [0.05, 0.1) is 5.41 Å². The normalized spacial score (nSPS) is 19.1. The summed E-state index contributed by atoms with van der Waals surface area (Å²) >= 11 is 0. The average Bonchev–Trinajstić information content (AvgIpc) is 2.40. The van der Waals surface area contributed by atoms with Crippen LogP contribution < -0.4 is 10.6 Å². The highest BCUT2D eigenvalue weighted by Crippen LogP contribution is 2.24. The summed E-state index contributed by atoms with van der Waals surface area (Å²) in [5, 5.41) is 6.35. The number of halogens is 2. The maximum absolute atomic E-state index is 12.9. The summed E-state index contributed by atoms with van der Waals surface area (Å²) in [6.07, 6.45) is 2.10. The third-order valence-corrected chi connectivity index (χ3v) is 3.77. The lowest BCUT2D eigenvalue weighted by Crippen LogP contribution is -2.50. The Morgan fingerprint density at radius 3 is 2.55 bits per heavy atom. The first-order valence-electron chi connectivity index (χ1n) is 6.78. The van der Waals surface area contributed by atoms with E-state index in [1.54, 1.807) is 12.1 Å². The van der Waals surface area contributed by atoms with Gasteiger partial charge < -0.3 is 10.6 Å². The lowest BCUT2D eigenvalue weighted by Gasteiger charge is -2.30. The van der Waals surface area contributed by atoms with Gasteiger partial charge in [-0.05, 0) is 50.9 Å². The molecule has 2 N–H and O–H groups in total. The number of carbonyl (C=O) groups excluding carboxylic acids is 1. The zero-order chi connectivity index (χ0) is 13.9. The molecule has 112 valence electrons. The number of carbonyl (C=O) groups is 1. The van der Waals surface area contributed by atoms with Crippen LogP contribution in [0, 0.1) is 5.82 Å². The zero-order valence-corrected chi connectivity index (χ0v) is 12.7. The second-order valence-electron chi connectivity index (χ2n) is 5.65. The highest BCUT2D eigenvalue weighted by molar-refractivity contribution is 5.87. The van der Waals surface area contributed by atoms with Crippen molar-refractivity contribution in [3.63, 3.8) is 0 Å². The fourth-order valence-electron chi connectivity index (χ4n) is 2.34. The molecule has 5 heteroatoms. The summed E-state index contributed by atoms with van der Waals surface area (Å²) in [6.45, 7) is 5.58. The lowest BCUT2D eigenvalue weighted by molar-refractivity contribution is -0.126. The third-order valence-electron chi connectivity index (χ3n) is 3.77. The molecule has 1 heterocycles. The maximum Gasteiger partial charge on any atom is 0.230 e. The van der Waals surface area contributed by atoms with Crippen molar-refractivity contribution in [2.24, 2.45) is 0 Å². The van der Waals surface area contributed by atoms with Crippen LogP contribution in [0.1, 0.15) is 32.3 Å². The van der Waals surface area contributed by atoms with Crippen LogP contribution in [0.25, 0.3) is 0 Å². The van der Waals surface area contributed by atoms with Crippen molar-refractivity contribution >= 4 is 18.3 Å². The smallest absolute Gasteiger partial charge is 0.230 e. The van der Waals surface area contributed by atoms with Crippen molar-refractivity contribution in [1.29, 1.82) is 0 Å². The average molecular weight is 301 g/mol. The Kier molecular flexibility index (Phi) is 5.96. The van der Waals surface area contributed by atoms with E-state index in [2.05, 4.69) is 10.6 Å². The molecule has 0 saturated carbocycles. The first-order valence-corrected chi connectivity index (χ1v) is 6.78. The minimum Gasteiger partial charge on any atom is -0.351 e. The molecule has 1 atom stereocenters. The molecule has 1 aromatic rings. The summed E-state index contributed by atoms with van der Waals surface area (Å²) in [6, 6.07) is 6.34. The monoisotopic (exact) mass is 300 g/mol. The Morgan fingerprint density at radius 2 is 2.00 bits per heavy atom. The maximum atomic E-state index is 12.9. The molecule has 1 fully saturated rings. The van der Waals surface area contributed by atoms with Gasteiger partial charge in [0, 0.05) is 12.6 Å². The molecule has 20 heavy (non-hydrogen) atoms. The largest absolute Gasteiger partial charge is 0.351 e. The second-order valence-corrected chi connectivity index (χ2v) is 5.65. The van der Waals surface area contributed by atoms with Gasteiger partial charge in [-0.1, -0.05) is 12.1 Å². The van der Waals surface area contributed by atoms with Gasteiger partial charge in [0.1, 0.15) is 5.82 Å². The predicted octanol–water partition coefficient (Wildman–Crippen LogP) is 2.39. The van der Waals surface area contributed by atoms with E-state index in [0.717, 1.165) is 31.5 Å². The van der Waals surface area contributed by atoms with E-state index in [1.165, 1.54) is 12.1 Å². The molecule has 1 saturated heterocycles. The van der Waals surface area contributed by atoms with Gasteiger partial charge in [-0.3, -0.25) is 4.79 Å². The summed E-state index contributed by atoms with van der Waals surface area (Å²) < 4.78 is 12.9. The molecule has 2 rings (SSSR count). The molecular formula is C15H22ClFN2O. The highest BCUT2D eigenvalue weighted by Gasteiger charge is 2.31. The van der Waals surface area contributed by atoms with Crippen molar-refractivity contribution in [3.05, 3.63) is 35.6 Å². The molecule has 1 amide bonds. The molecule has 3 nitrogen and oxygen atoms in total. The fraction of sp³-hybridized carbons (Fsp3) is 0.533. The van der Waals surface area contributed by atoms with Crippen LogP contribution in [0.4, 0.5) is 4.39 Å². The summed E-state index contributed by atoms with van der Waals surface area (Å²) in [5.74, 6) is -0.288. The van der Waals surface area contributed by atoms with Crippen LogP contribution in [0.15, 0.2) is 24.3 Å². The number of nitrogens with one attached hydrogen (secondary N) is 2. The van der Waals surface area contributed by atoms with Crippen LogP contribution in [0.5, 0.6) is 0 Å². The van der Waals surface area contributed by atoms with Gasteiger partial charge in [0.15, 0.2) is 0 Å². The van der Waals surface area contributed by atoms with Crippen molar-refractivity contribution in [1.82, 2.24) is 10.6 Å². The molecule has 0 spiro atoms. The van der Waals surface area contributed by atoms with E-state index < -0.39 is 5.41 Å². The van der Waals surface area contributed by atoms with Crippen LogP contribution >= 0.6 is 12.4 Å². The van der Waals surface area contributed by atoms with E-state index in [-0.39, 0.29) is 30.2 Å². The van der Waals surface area contributed by atoms with Gasteiger partial charge in [-0.25, -0.2) is 4.39 Å². The first kappa shape index (κ1) is 16.9. The topological polar surface area (TPSA) is 41.1 Å². The number of piperidine rings is 1. The van der Waals surface area contributed by atoms with E-state index in [1.807, 2.05) is 13.8 Å². The third kappa shape index (κ3) is 3.93. The minimum atomic E-state index is -0.648. The predicted molar refractivity (Wildman–Crippen MR) is 80.7 cm³/mol. The summed E-state index contributed by atoms with van der Waals surface area (Å²) in [7, 11) is 0. The molecule has 1 aliphatic heterocycles. The summed E-state index contributed by atoms with van der Waals surface area (Å²) in [4.78, 5) is 12.4. The van der Waals surface area contributed by atoms with Gasteiger partial charge in [0.2, 0.25) is 5.91 Å². The zero-order valence-electron chi connectivity index (χ0n) is 11.9. The fourth-order valence-corrected chi connectivity index (χ4v) is 2.34. The van der Waals surface area contributed by atoms with E-state index in [9.17, 15) is 9.18 Å². The van der Waals surface area contributed by atoms with Crippen LogP contribution in [-0.4, -0.2) is 25.0 Å². The molecule has 0 radical (unpaired) electrons. The Hall–Kier alpha value is -1.13. The van der Waals surface area contributed by atoms with Crippen molar-refractivity contribution in [3.8, 4) is 0 Å². The van der Waals surface area contributed by atoms with Crippen molar-refractivity contribution in [2.45, 2.75) is 38.1 Å². The van der Waals surface area contributed by atoms with E-state index in [4.69, 9.17) is 0 Å². The number of hydrogen-bond donors (Lipinski definition) is 2. The standard InChI is InChI=1S/C15H21FN2O.ClH/c1-15(2,11-5-7-12(16)8-6-11)14(19)18-13-4-3-9-17-10-13;/h5-8,13,17H,3-4,9-10H2,1-2H3,(H,18,19);1H/t13-;/m0./s1. The van der Waals surface area contributed by atoms with Crippen molar-refractivity contribution < 1.29 is 9.18 Å². The molecule has 1 aliphatic rings. The highest BCUT2D eigenvalue weighted by atomic mass is 35.5. The van der Waals surface area contributed by atoms with Gasteiger partial charge in [0.25, 0.3) is 0 Å². The van der Waals surface area contributed by atoms with Crippen molar-refractivity contribution in [2.75, 3.05) is 13.1 Å². The molecule has 1 aromatic carbocycles. The first-order chi connectivity index (χ1) is 9.00.